The summed E-state index contributed by atoms with van der Waals surface area (Å²) in [4.78, 5) is 2.36. The van der Waals surface area contributed by atoms with Crippen molar-refractivity contribution in [3.8, 4) is 6.07 Å². The largest absolute Gasteiger partial charge is 0.374 e. The Bertz CT molecular complexity index is 509. The molecule has 1 aromatic rings. The normalized spacial score (nSPS) is 26.0. The van der Waals surface area contributed by atoms with Crippen LogP contribution in [0, 0.1) is 11.3 Å². The van der Waals surface area contributed by atoms with Gasteiger partial charge in [0.2, 0.25) is 0 Å². The average molecular weight is 257 g/mol. The summed E-state index contributed by atoms with van der Waals surface area (Å²) >= 11 is 0. The van der Waals surface area contributed by atoms with Crippen molar-refractivity contribution in [2.24, 2.45) is 5.73 Å². The number of nitrogens with zero attached hydrogens (tertiary/aromatic N) is 2. The van der Waals surface area contributed by atoms with E-state index in [0.29, 0.717) is 18.7 Å². The second-order valence-corrected chi connectivity index (χ2v) is 5.27. The molecular formula is C15H19N3O. The molecule has 1 heterocycles. The number of anilines is 1. The van der Waals surface area contributed by atoms with E-state index in [1.807, 2.05) is 18.2 Å². The molecule has 2 atom stereocenters. The van der Waals surface area contributed by atoms with E-state index in [0.717, 1.165) is 42.8 Å². The predicted molar refractivity (Wildman–Crippen MR) is 73.8 cm³/mol. The Morgan fingerprint density at radius 3 is 3.11 bits per heavy atom. The molecule has 1 aromatic carbocycles. The van der Waals surface area contributed by atoms with Gasteiger partial charge in [-0.1, -0.05) is 6.07 Å². The first-order valence-corrected chi connectivity index (χ1v) is 6.95. The number of rotatable bonds is 2. The van der Waals surface area contributed by atoms with Crippen molar-refractivity contribution in [1.29, 1.82) is 5.26 Å². The molecule has 4 nitrogen and oxygen atoms in total. The quantitative estimate of drug-likeness (QED) is 0.877. The lowest BCUT2D eigenvalue weighted by molar-refractivity contribution is 0.0256. The molecule has 2 aliphatic rings. The van der Waals surface area contributed by atoms with Crippen molar-refractivity contribution >= 4 is 5.69 Å². The molecule has 4 heteroatoms. The summed E-state index contributed by atoms with van der Waals surface area (Å²) in [6.45, 7) is 2.10. The van der Waals surface area contributed by atoms with E-state index >= 15 is 0 Å². The zero-order valence-electron chi connectivity index (χ0n) is 11.0. The Morgan fingerprint density at radius 1 is 1.42 bits per heavy atom. The maximum Gasteiger partial charge on any atom is 0.101 e. The monoisotopic (exact) mass is 257 g/mol. The van der Waals surface area contributed by atoms with Gasteiger partial charge in [-0.15, -0.1) is 0 Å². The van der Waals surface area contributed by atoms with E-state index < -0.39 is 0 Å². The lowest BCUT2D eigenvalue weighted by Crippen LogP contribution is -2.49. The van der Waals surface area contributed by atoms with Gasteiger partial charge in [-0.25, -0.2) is 0 Å². The molecule has 0 radical (unpaired) electrons. The van der Waals surface area contributed by atoms with Crippen molar-refractivity contribution in [3.63, 3.8) is 0 Å². The fourth-order valence-corrected chi connectivity index (χ4v) is 3.27. The summed E-state index contributed by atoms with van der Waals surface area (Å²) in [6, 6.07) is 8.72. The minimum atomic E-state index is 0.342. The highest BCUT2D eigenvalue weighted by molar-refractivity contribution is 5.61. The van der Waals surface area contributed by atoms with Crippen LogP contribution < -0.4 is 10.6 Å². The van der Waals surface area contributed by atoms with Crippen LogP contribution in [-0.4, -0.2) is 25.3 Å². The van der Waals surface area contributed by atoms with Crippen molar-refractivity contribution < 1.29 is 4.74 Å². The molecule has 0 bridgehead atoms. The van der Waals surface area contributed by atoms with Gasteiger partial charge in [-0.05, 0) is 37.0 Å². The van der Waals surface area contributed by atoms with Gasteiger partial charge in [0.1, 0.15) is 6.07 Å². The maximum atomic E-state index is 9.36. The molecule has 2 fully saturated rings. The number of ether oxygens (including phenoxy) is 1. The van der Waals surface area contributed by atoms with Gasteiger partial charge in [0.25, 0.3) is 0 Å². The number of morpholine rings is 1. The molecule has 2 unspecified atom stereocenters. The molecule has 2 N–H and O–H groups in total. The zero-order valence-corrected chi connectivity index (χ0v) is 11.0. The van der Waals surface area contributed by atoms with Crippen LogP contribution in [-0.2, 0) is 11.3 Å². The first-order chi connectivity index (χ1) is 9.33. The van der Waals surface area contributed by atoms with Crippen molar-refractivity contribution in [1.82, 2.24) is 0 Å². The van der Waals surface area contributed by atoms with Crippen LogP contribution in [0.2, 0.25) is 0 Å². The van der Waals surface area contributed by atoms with E-state index in [2.05, 4.69) is 11.0 Å². The van der Waals surface area contributed by atoms with E-state index in [1.165, 1.54) is 6.42 Å². The maximum absolute atomic E-state index is 9.36. The minimum absolute atomic E-state index is 0.342. The first kappa shape index (κ1) is 12.5. The van der Waals surface area contributed by atoms with Crippen LogP contribution in [0.25, 0.3) is 0 Å². The van der Waals surface area contributed by atoms with Gasteiger partial charge in [-0.3, -0.25) is 0 Å². The minimum Gasteiger partial charge on any atom is -0.374 e. The van der Waals surface area contributed by atoms with E-state index in [1.54, 1.807) is 0 Å². The standard InChI is InChI=1S/C15H19N3O/c16-9-11-4-5-13(12(8-11)10-17)18-6-7-19-15-3-1-2-14(15)18/h4-5,8,14-15H,1-3,6-7,9,16H2. The Balaban J connectivity index is 1.94. The SMILES string of the molecule is N#Cc1cc(CN)ccc1N1CCOC2CCCC21. The predicted octanol–water partition coefficient (Wildman–Crippen LogP) is 1.77. The zero-order chi connectivity index (χ0) is 13.2. The van der Waals surface area contributed by atoms with Crippen LogP contribution in [0.1, 0.15) is 30.4 Å². The summed E-state index contributed by atoms with van der Waals surface area (Å²) < 4.78 is 5.83. The molecular weight excluding hydrogens is 238 g/mol. The van der Waals surface area contributed by atoms with Crippen molar-refractivity contribution in [2.45, 2.75) is 38.0 Å². The summed E-state index contributed by atoms with van der Waals surface area (Å²) in [7, 11) is 0. The van der Waals surface area contributed by atoms with E-state index in [9.17, 15) is 5.26 Å². The summed E-state index contributed by atoms with van der Waals surface area (Å²) in [5.74, 6) is 0. The smallest absolute Gasteiger partial charge is 0.101 e. The molecule has 1 saturated carbocycles. The molecule has 1 saturated heterocycles. The number of benzene rings is 1. The Morgan fingerprint density at radius 2 is 2.32 bits per heavy atom. The summed E-state index contributed by atoms with van der Waals surface area (Å²) in [6.07, 6.45) is 3.86. The molecule has 19 heavy (non-hydrogen) atoms. The first-order valence-electron chi connectivity index (χ1n) is 6.95. The van der Waals surface area contributed by atoms with Crippen LogP contribution in [0.3, 0.4) is 0 Å². The number of hydrogen-bond donors (Lipinski definition) is 1. The molecule has 1 aliphatic carbocycles. The van der Waals surface area contributed by atoms with Crippen molar-refractivity contribution in [3.05, 3.63) is 29.3 Å². The molecule has 0 spiro atoms. The Hall–Kier alpha value is -1.57. The molecule has 3 rings (SSSR count). The number of nitriles is 1. The van der Waals surface area contributed by atoms with E-state index in [-0.39, 0.29) is 0 Å². The molecule has 0 amide bonds. The van der Waals surface area contributed by atoms with Crippen molar-refractivity contribution in [2.75, 3.05) is 18.1 Å². The Kier molecular flexibility index (Phi) is 3.41. The molecule has 0 aromatic heterocycles. The highest BCUT2D eigenvalue weighted by Gasteiger charge is 2.36. The van der Waals surface area contributed by atoms with Crippen LogP contribution in [0.15, 0.2) is 18.2 Å². The fraction of sp³-hybridized carbons (Fsp3) is 0.533. The van der Waals surface area contributed by atoms with Gasteiger partial charge in [-0.2, -0.15) is 5.26 Å². The highest BCUT2D eigenvalue weighted by atomic mass is 16.5. The lowest BCUT2D eigenvalue weighted by Gasteiger charge is -2.39. The molecule has 100 valence electrons. The second-order valence-electron chi connectivity index (χ2n) is 5.27. The number of hydrogen-bond acceptors (Lipinski definition) is 4. The third kappa shape index (κ3) is 2.20. The Labute approximate surface area is 113 Å². The lowest BCUT2D eigenvalue weighted by atomic mass is 10.0. The number of fused-ring (bicyclic) bond motifs is 1. The average Bonchev–Trinajstić information content (AvgIpc) is 2.95. The van der Waals surface area contributed by atoms with Crippen LogP contribution in [0.4, 0.5) is 5.69 Å². The summed E-state index contributed by atoms with van der Waals surface area (Å²) in [5.41, 5.74) is 8.43. The van der Waals surface area contributed by atoms with Crippen LogP contribution in [0.5, 0.6) is 0 Å². The van der Waals surface area contributed by atoms with Gasteiger partial charge in [0.15, 0.2) is 0 Å². The highest BCUT2D eigenvalue weighted by Crippen LogP contribution is 2.34. The van der Waals surface area contributed by atoms with Gasteiger partial charge in [0, 0.05) is 13.1 Å². The van der Waals surface area contributed by atoms with Gasteiger partial charge >= 0.3 is 0 Å². The summed E-state index contributed by atoms with van der Waals surface area (Å²) in [5, 5.41) is 9.36. The number of nitrogens with two attached hydrogens (primary N) is 1. The molecule has 1 aliphatic heterocycles. The third-order valence-corrected chi connectivity index (χ3v) is 4.21. The fourth-order valence-electron chi connectivity index (χ4n) is 3.27. The topological polar surface area (TPSA) is 62.3 Å². The van der Waals surface area contributed by atoms with E-state index in [4.69, 9.17) is 10.5 Å². The second kappa shape index (κ2) is 5.20. The van der Waals surface area contributed by atoms with Gasteiger partial charge in [0.05, 0.1) is 30.0 Å². The van der Waals surface area contributed by atoms with Crippen LogP contribution >= 0.6 is 0 Å². The third-order valence-electron chi connectivity index (χ3n) is 4.21. The van der Waals surface area contributed by atoms with Gasteiger partial charge < -0.3 is 15.4 Å².